The van der Waals surface area contributed by atoms with Crippen LogP contribution in [0.3, 0.4) is 0 Å². The van der Waals surface area contributed by atoms with Gasteiger partial charge in [0, 0.05) is 24.7 Å². The molecule has 1 aromatic rings. The Morgan fingerprint density at radius 1 is 1.38 bits per heavy atom. The van der Waals surface area contributed by atoms with E-state index in [2.05, 4.69) is 30.4 Å². The molecule has 4 heteroatoms. The molecule has 2 aliphatic rings. The van der Waals surface area contributed by atoms with Crippen molar-refractivity contribution < 1.29 is 4.79 Å². The van der Waals surface area contributed by atoms with Crippen molar-refractivity contribution in [2.75, 3.05) is 18.0 Å². The minimum Gasteiger partial charge on any atom is -0.314 e. The zero-order chi connectivity index (χ0) is 13.9. The number of aryl methyl sites for hydroxylation is 2. The fourth-order valence-electron chi connectivity index (χ4n) is 3.42. The molecule has 0 spiro atoms. The second-order valence-electron chi connectivity index (χ2n) is 6.11. The highest BCUT2D eigenvalue weighted by atomic mass is 35.5. The molecule has 0 radical (unpaired) electrons. The average Bonchev–Trinajstić information content (AvgIpc) is 2.97. The highest BCUT2D eigenvalue weighted by molar-refractivity contribution is 5.94. The van der Waals surface area contributed by atoms with Gasteiger partial charge in [0.15, 0.2) is 0 Å². The van der Waals surface area contributed by atoms with Crippen molar-refractivity contribution in [1.82, 2.24) is 5.32 Å². The number of halogens is 1. The summed E-state index contributed by atoms with van der Waals surface area (Å²) < 4.78 is 0. The largest absolute Gasteiger partial charge is 0.314 e. The van der Waals surface area contributed by atoms with E-state index < -0.39 is 0 Å². The maximum Gasteiger partial charge on any atom is 0.227 e. The van der Waals surface area contributed by atoms with Gasteiger partial charge in [-0.1, -0.05) is 17.7 Å². The van der Waals surface area contributed by atoms with E-state index in [0.29, 0.717) is 18.4 Å². The third-order valence-corrected chi connectivity index (χ3v) is 4.52. The van der Waals surface area contributed by atoms with E-state index in [1.54, 1.807) is 0 Å². The third kappa shape index (κ3) is 3.78. The van der Waals surface area contributed by atoms with Crippen molar-refractivity contribution in [3.63, 3.8) is 0 Å². The minimum atomic E-state index is 0. The van der Waals surface area contributed by atoms with E-state index in [1.165, 1.54) is 24.0 Å². The van der Waals surface area contributed by atoms with Gasteiger partial charge in [0.2, 0.25) is 5.91 Å². The first kappa shape index (κ1) is 16.3. The molecule has 0 bridgehead atoms. The first-order valence-electron chi connectivity index (χ1n) is 7.87. The molecule has 116 valence electrons. The summed E-state index contributed by atoms with van der Waals surface area (Å²) >= 11 is 0. The topological polar surface area (TPSA) is 32.3 Å². The van der Waals surface area contributed by atoms with Crippen molar-refractivity contribution in [1.29, 1.82) is 0 Å². The van der Waals surface area contributed by atoms with Crippen LogP contribution in [0.1, 0.15) is 43.2 Å². The van der Waals surface area contributed by atoms with Crippen LogP contribution in [0.15, 0.2) is 18.2 Å². The molecule has 2 heterocycles. The predicted octanol–water partition coefficient (Wildman–Crippen LogP) is 3.23. The number of amides is 1. The van der Waals surface area contributed by atoms with Gasteiger partial charge < -0.3 is 10.2 Å². The number of carbonyl (C=O) groups excluding carboxylic acids is 1. The zero-order valence-electron chi connectivity index (χ0n) is 12.7. The van der Waals surface area contributed by atoms with Gasteiger partial charge in [-0.2, -0.15) is 0 Å². The first-order chi connectivity index (χ1) is 9.74. The fraction of sp³-hybridized carbons (Fsp3) is 0.588. The summed E-state index contributed by atoms with van der Waals surface area (Å²) in [6.45, 7) is 4.12. The maximum atomic E-state index is 12.5. The lowest BCUT2D eigenvalue weighted by Gasteiger charge is -2.30. The van der Waals surface area contributed by atoms with Crippen molar-refractivity contribution in [2.24, 2.45) is 0 Å². The molecule has 3 nitrogen and oxygen atoms in total. The van der Waals surface area contributed by atoms with Gasteiger partial charge in [-0.3, -0.25) is 4.79 Å². The maximum absolute atomic E-state index is 12.5. The summed E-state index contributed by atoms with van der Waals surface area (Å²) in [7, 11) is 0. The molecule has 0 saturated carbocycles. The Hall–Kier alpha value is -1.06. The van der Waals surface area contributed by atoms with E-state index in [1.807, 2.05) is 4.90 Å². The number of anilines is 1. The Morgan fingerprint density at radius 2 is 2.24 bits per heavy atom. The average molecular weight is 309 g/mol. The molecule has 3 rings (SSSR count). The summed E-state index contributed by atoms with van der Waals surface area (Å²) in [6, 6.07) is 7.02. The van der Waals surface area contributed by atoms with Crippen molar-refractivity contribution in [2.45, 2.75) is 51.5 Å². The third-order valence-electron chi connectivity index (χ3n) is 4.52. The van der Waals surface area contributed by atoms with Crippen LogP contribution in [0.25, 0.3) is 0 Å². The van der Waals surface area contributed by atoms with Crippen LogP contribution < -0.4 is 10.2 Å². The van der Waals surface area contributed by atoms with Gasteiger partial charge in [0.1, 0.15) is 0 Å². The van der Waals surface area contributed by atoms with Gasteiger partial charge in [-0.15, -0.1) is 12.4 Å². The molecule has 1 amide bonds. The zero-order valence-corrected chi connectivity index (χ0v) is 13.5. The summed E-state index contributed by atoms with van der Waals surface area (Å²) in [5.41, 5.74) is 3.77. The van der Waals surface area contributed by atoms with E-state index >= 15 is 0 Å². The summed E-state index contributed by atoms with van der Waals surface area (Å²) in [5.74, 6) is 0.295. The van der Waals surface area contributed by atoms with Crippen LogP contribution in [0, 0.1) is 6.92 Å². The quantitative estimate of drug-likeness (QED) is 0.930. The number of carbonyl (C=O) groups is 1. The Balaban J connectivity index is 0.00000161. The fourth-order valence-corrected chi connectivity index (χ4v) is 3.42. The van der Waals surface area contributed by atoms with Crippen LogP contribution in [0.2, 0.25) is 0 Å². The molecule has 2 aliphatic heterocycles. The van der Waals surface area contributed by atoms with Crippen molar-refractivity contribution >= 4 is 24.0 Å². The van der Waals surface area contributed by atoms with Gasteiger partial charge in [0.05, 0.1) is 0 Å². The standard InChI is InChI=1S/C17H24N2O.ClH/c1-13-6-8-16-14(12-13)4-3-11-19(16)17(20)9-7-15-5-2-10-18-15;/h6,8,12,15,18H,2-5,7,9-11H2,1H3;1H. The molecule has 0 aliphatic carbocycles. The summed E-state index contributed by atoms with van der Waals surface area (Å²) in [5, 5.41) is 3.47. The number of fused-ring (bicyclic) bond motifs is 1. The Labute approximate surface area is 133 Å². The second-order valence-corrected chi connectivity index (χ2v) is 6.11. The Morgan fingerprint density at radius 3 is 3.00 bits per heavy atom. The summed E-state index contributed by atoms with van der Waals surface area (Å²) in [6.07, 6.45) is 6.32. The molecule has 1 fully saturated rings. The number of nitrogens with one attached hydrogen (secondary N) is 1. The van der Waals surface area contributed by atoms with Crippen LogP contribution in [0.4, 0.5) is 5.69 Å². The van der Waals surface area contributed by atoms with Gasteiger partial charge in [-0.05, 0) is 57.2 Å². The lowest BCUT2D eigenvalue weighted by atomic mass is 9.99. The normalized spacial score (nSPS) is 20.8. The van der Waals surface area contributed by atoms with Crippen LogP contribution in [-0.4, -0.2) is 25.0 Å². The van der Waals surface area contributed by atoms with Crippen LogP contribution in [0.5, 0.6) is 0 Å². The molecule has 1 saturated heterocycles. The van der Waals surface area contributed by atoms with Crippen molar-refractivity contribution in [3.8, 4) is 0 Å². The molecular weight excluding hydrogens is 284 g/mol. The lowest BCUT2D eigenvalue weighted by Crippen LogP contribution is -2.36. The smallest absolute Gasteiger partial charge is 0.227 e. The van der Waals surface area contributed by atoms with Gasteiger partial charge in [0.25, 0.3) is 0 Å². The summed E-state index contributed by atoms with van der Waals surface area (Å²) in [4.78, 5) is 14.5. The van der Waals surface area contributed by atoms with E-state index in [4.69, 9.17) is 0 Å². The second kappa shape index (κ2) is 7.28. The van der Waals surface area contributed by atoms with E-state index in [9.17, 15) is 4.79 Å². The molecule has 1 N–H and O–H groups in total. The number of hydrogen-bond acceptors (Lipinski definition) is 2. The van der Waals surface area contributed by atoms with Crippen molar-refractivity contribution in [3.05, 3.63) is 29.3 Å². The highest BCUT2D eigenvalue weighted by Gasteiger charge is 2.23. The molecule has 1 unspecified atom stereocenters. The highest BCUT2D eigenvalue weighted by Crippen LogP contribution is 2.28. The van der Waals surface area contributed by atoms with E-state index in [0.717, 1.165) is 38.0 Å². The molecule has 0 aromatic heterocycles. The molecular formula is C17H25ClN2O. The van der Waals surface area contributed by atoms with E-state index in [-0.39, 0.29) is 12.4 Å². The number of benzene rings is 1. The lowest BCUT2D eigenvalue weighted by molar-refractivity contribution is -0.118. The van der Waals surface area contributed by atoms with Gasteiger partial charge >= 0.3 is 0 Å². The number of nitrogens with zero attached hydrogens (tertiary/aromatic N) is 1. The molecule has 1 atom stereocenters. The monoisotopic (exact) mass is 308 g/mol. The first-order valence-corrected chi connectivity index (χ1v) is 7.87. The predicted molar refractivity (Wildman–Crippen MR) is 89.4 cm³/mol. The van der Waals surface area contributed by atoms with Crippen LogP contribution >= 0.6 is 12.4 Å². The minimum absolute atomic E-state index is 0. The Bertz CT molecular complexity index is 498. The number of rotatable bonds is 3. The Kier molecular flexibility index (Phi) is 5.65. The van der Waals surface area contributed by atoms with Crippen LogP contribution in [-0.2, 0) is 11.2 Å². The molecule has 1 aromatic carbocycles. The molecule has 21 heavy (non-hydrogen) atoms. The SMILES string of the molecule is Cc1ccc2c(c1)CCCN2C(=O)CCC1CCCN1.Cl. The van der Waals surface area contributed by atoms with Gasteiger partial charge in [-0.25, -0.2) is 0 Å². The number of hydrogen-bond donors (Lipinski definition) is 1.